The van der Waals surface area contributed by atoms with Crippen LogP contribution in [0.5, 0.6) is 0 Å². The summed E-state index contributed by atoms with van der Waals surface area (Å²) in [6.45, 7) is 0. The molecule has 1 aliphatic carbocycles. The van der Waals surface area contributed by atoms with E-state index in [1.54, 1.807) is 0 Å². The van der Waals surface area contributed by atoms with Gasteiger partial charge in [-0.3, -0.25) is 0 Å². The minimum Gasteiger partial charge on any atom is -0.456 e. The van der Waals surface area contributed by atoms with Gasteiger partial charge < -0.3 is 18.3 Å². The van der Waals surface area contributed by atoms with Crippen LogP contribution in [0.15, 0.2) is 179 Å². The number of furan rings is 2. The fraction of sp³-hybridized carbons (Fsp3) is 0.0417. The maximum absolute atomic E-state index is 6.73. The lowest BCUT2D eigenvalue weighted by molar-refractivity contribution is 0.663. The Labute approximate surface area is 300 Å². The maximum atomic E-state index is 6.73. The highest BCUT2D eigenvalue weighted by molar-refractivity contribution is 6.15. The molecule has 0 bridgehead atoms. The molecule has 4 heteroatoms. The third-order valence-corrected chi connectivity index (χ3v) is 10.7. The molecule has 3 heterocycles. The molecular weight excluding hydrogens is 637 g/mol. The number of rotatable bonds is 5. The molecule has 10 aromatic rings. The predicted molar refractivity (Wildman–Crippen MR) is 215 cm³/mol. The van der Waals surface area contributed by atoms with Gasteiger partial charge in [0, 0.05) is 32.9 Å². The molecule has 1 unspecified atom stereocenters. The number of hydrogen-bond donors (Lipinski definition) is 0. The van der Waals surface area contributed by atoms with Gasteiger partial charge in [-0.05, 0) is 83.8 Å². The first-order chi connectivity index (χ1) is 25.8. The Morgan fingerprint density at radius 1 is 0.519 bits per heavy atom. The highest BCUT2D eigenvalue weighted by Gasteiger charge is 2.31. The van der Waals surface area contributed by atoms with E-state index in [2.05, 4.69) is 173 Å². The highest BCUT2D eigenvalue weighted by Crippen LogP contribution is 2.46. The molecule has 0 saturated carbocycles. The monoisotopic (exact) mass is 668 g/mol. The van der Waals surface area contributed by atoms with Gasteiger partial charge in [-0.25, -0.2) is 0 Å². The Hall–Kier alpha value is -6.78. The molecular formula is C48H32N2O2. The first-order valence-corrected chi connectivity index (χ1v) is 17.9. The lowest BCUT2D eigenvalue weighted by atomic mass is 9.93. The Morgan fingerprint density at radius 2 is 1.19 bits per heavy atom. The number of aromatic nitrogens is 1. The molecule has 7 aromatic carbocycles. The van der Waals surface area contributed by atoms with Gasteiger partial charge in [0.1, 0.15) is 16.7 Å². The second-order valence-electron chi connectivity index (χ2n) is 13.6. The Morgan fingerprint density at radius 3 is 2.04 bits per heavy atom. The van der Waals surface area contributed by atoms with Crippen LogP contribution in [0.25, 0.3) is 77.7 Å². The van der Waals surface area contributed by atoms with Crippen molar-refractivity contribution in [3.05, 3.63) is 181 Å². The summed E-state index contributed by atoms with van der Waals surface area (Å²) in [4.78, 5) is 2.49. The first-order valence-electron chi connectivity index (χ1n) is 17.9. The average molecular weight is 669 g/mol. The van der Waals surface area contributed by atoms with Gasteiger partial charge >= 0.3 is 0 Å². The number of para-hydroxylation sites is 4. The molecule has 1 atom stereocenters. The maximum Gasteiger partial charge on any atom is 0.159 e. The molecule has 246 valence electrons. The third kappa shape index (κ3) is 4.34. The van der Waals surface area contributed by atoms with Crippen LogP contribution < -0.4 is 4.90 Å². The number of hydrogen-bond acceptors (Lipinski definition) is 3. The van der Waals surface area contributed by atoms with Crippen molar-refractivity contribution in [2.75, 3.05) is 4.90 Å². The molecule has 0 N–H and O–H groups in total. The van der Waals surface area contributed by atoms with Crippen molar-refractivity contribution in [2.45, 2.75) is 12.5 Å². The number of anilines is 2. The van der Waals surface area contributed by atoms with E-state index in [4.69, 9.17) is 8.83 Å². The van der Waals surface area contributed by atoms with E-state index < -0.39 is 0 Å². The fourth-order valence-corrected chi connectivity index (χ4v) is 8.45. The summed E-state index contributed by atoms with van der Waals surface area (Å²) in [5, 5.41) is 5.69. The summed E-state index contributed by atoms with van der Waals surface area (Å²) in [5.41, 5.74) is 13.0. The molecule has 0 spiro atoms. The molecule has 1 aliphatic rings. The van der Waals surface area contributed by atoms with Gasteiger partial charge in [-0.15, -0.1) is 0 Å². The Balaban J connectivity index is 1.17. The van der Waals surface area contributed by atoms with Crippen molar-refractivity contribution in [2.24, 2.45) is 0 Å². The van der Waals surface area contributed by atoms with Crippen LogP contribution >= 0.6 is 0 Å². The molecule has 4 nitrogen and oxygen atoms in total. The van der Waals surface area contributed by atoms with Gasteiger partial charge in [0.15, 0.2) is 5.58 Å². The zero-order chi connectivity index (χ0) is 34.2. The van der Waals surface area contributed by atoms with E-state index in [0.717, 1.165) is 67.4 Å². The summed E-state index contributed by atoms with van der Waals surface area (Å²) >= 11 is 0. The molecule has 0 aliphatic heterocycles. The fourth-order valence-electron chi connectivity index (χ4n) is 8.45. The van der Waals surface area contributed by atoms with Crippen molar-refractivity contribution in [3.8, 4) is 16.8 Å². The van der Waals surface area contributed by atoms with Crippen LogP contribution in [-0.2, 0) is 6.42 Å². The Kier molecular flexibility index (Phi) is 6.34. The van der Waals surface area contributed by atoms with Gasteiger partial charge in [0.05, 0.1) is 28.3 Å². The van der Waals surface area contributed by atoms with Gasteiger partial charge in [-0.1, -0.05) is 115 Å². The van der Waals surface area contributed by atoms with Crippen molar-refractivity contribution in [3.63, 3.8) is 0 Å². The van der Waals surface area contributed by atoms with E-state index >= 15 is 0 Å². The zero-order valence-electron chi connectivity index (χ0n) is 28.2. The predicted octanol–water partition coefficient (Wildman–Crippen LogP) is 12.9. The zero-order valence-corrected chi connectivity index (χ0v) is 28.2. The SMILES string of the molecule is C1=CC(N(c2cccc3c2oc2ccccc23)c2cccc3oc4ccccc4c23)Cc2c1n(-c1ccccc1)c1ccc(-c3ccccc3)cc21. The van der Waals surface area contributed by atoms with Gasteiger partial charge in [0.2, 0.25) is 0 Å². The van der Waals surface area contributed by atoms with Crippen LogP contribution in [0.4, 0.5) is 11.4 Å². The second kappa shape index (κ2) is 11.4. The van der Waals surface area contributed by atoms with Crippen LogP contribution in [0.1, 0.15) is 11.3 Å². The number of nitrogens with zero attached hydrogens (tertiary/aromatic N) is 2. The molecule has 0 fully saturated rings. The standard InChI is InChI=1S/C48H32N2O2/c1-3-13-31(14-4-1)32-25-27-40-38(29-32)39-30-34(26-28-41(39)49(40)33-15-5-2-6-16-33)50(42-20-12-24-46-47(42)37-18-8-10-23-45(37)51-46)43-21-11-19-36-35-17-7-9-22-44(35)52-48(36)43/h1-29,34H,30H2. The van der Waals surface area contributed by atoms with Crippen LogP contribution in [-0.4, -0.2) is 10.6 Å². The largest absolute Gasteiger partial charge is 0.456 e. The summed E-state index contributed by atoms with van der Waals surface area (Å²) < 4.78 is 15.6. The topological polar surface area (TPSA) is 34.5 Å². The highest BCUT2D eigenvalue weighted by atomic mass is 16.3. The first kappa shape index (κ1) is 29.0. The Bertz CT molecular complexity index is 3000. The number of benzene rings is 7. The van der Waals surface area contributed by atoms with Crippen molar-refractivity contribution < 1.29 is 8.83 Å². The normalized spacial score (nSPS) is 14.2. The smallest absolute Gasteiger partial charge is 0.159 e. The lowest BCUT2D eigenvalue weighted by Gasteiger charge is -2.34. The van der Waals surface area contributed by atoms with E-state index in [1.807, 2.05) is 12.1 Å². The molecule has 0 amide bonds. The molecule has 0 saturated heterocycles. The van der Waals surface area contributed by atoms with Crippen LogP contribution in [0, 0.1) is 0 Å². The number of fused-ring (bicyclic) bond motifs is 9. The summed E-state index contributed by atoms with van der Waals surface area (Å²) in [6.07, 6.45) is 5.50. The molecule has 52 heavy (non-hydrogen) atoms. The lowest BCUT2D eigenvalue weighted by Crippen LogP contribution is -2.33. The third-order valence-electron chi connectivity index (χ3n) is 10.7. The quantitative estimate of drug-likeness (QED) is 0.183. The van der Waals surface area contributed by atoms with Gasteiger partial charge in [0.25, 0.3) is 0 Å². The molecule has 11 rings (SSSR count). The van der Waals surface area contributed by atoms with Crippen LogP contribution in [0.3, 0.4) is 0 Å². The molecule has 0 radical (unpaired) electrons. The van der Waals surface area contributed by atoms with Crippen molar-refractivity contribution in [1.29, 1.82) is 0 Å². The molecule has 3 aromatic heterocycles. The van der Waals surface area contributed by atoms with Crippen LogP contribution in [0.2, 0.25) is 0 Å². The summed E-state index contributed by atoms with van der Waals surface area (Å²) in [7, 11) is 0. The minimum absolute atomic E-state index is 0.0271. The summed E-state index contributed by atoms with van der Waals surface area (Å²) in [5.74, 6) is 0. The minimum atomic E-state index is -0.0271. The van der Waals surface area contributed by atoms with Gasteiger partial charge in [-0.2, -0.15) is 0 Å². The van der Waals surface area contributed by atoms with Crippen molar-refractivity contribution in [1.82, 2.24) is 4.57 Å². The van der Waals surface area contributed by atoms with E-state index in [0.29, 0.717) is 0 Å². The van der Waals surface area contributed by atoms with E-state index in [1.165, 1.54) is 33.3 Å². The summed E-state index contributed by atoms with van der Waals surface area (Å²) in [6, 6.07) is 57.9. The van der Waals surface area contributed by atoms with E-state index in [9.17, 15) is 0 Å². The average Bonchev–Trinajstić information content (AvgIpc) is 3.89. The van der Waals surface area contributed by atoms with Crippen molar-refractivity contribution >= 4 is 72.2 Å². The van der Waals surface area contributed by atoms with E-state index in [-0.39, 0.29) is 6.04 Å². The second-order valence-corrected chi connectivity index (χ2v) is 13.6.